The first-order valence-corrected chi connectivity index (χ1v) is 6.26. The molecule has 94 valence electrons. The molecule has 0 aromatic heterocycles. The summed E-state index contributed by atoms with van der Waals surface area (Å²) in [6.45, 7) is 3.38. The van der Waals surface area contributed by atoms with E-state index in [-0.39, 0.29) is 0 Å². The normalized spacial score (nSPS) is 10.3. The van der Waals surface area contributed by atoms with Crippen molar-refractivity contribution in [2.45, 2.75) is 6.92 Å². The van der Waals surface area contributed by atoms with Crippen molar-refractivity contribution in [1.29, 1.82) is 0 Å². The number of aliphatic carboxylic acids is 1. The Morgan fingerprint density at radius 3 is 2.83 bits per heavy atom. The largest absolute Gasteiger partial charge is 0.478 e. The first kappa shape index (κ1) is 14.3. The summed E-state index contributed by atoms with van der Waals surface area (Å²) in [5.41, 5.74) is 1.83. The Kier molecular flexibility index (Phi) is 5.47. The number of hydrogen-bond acceptors (Lipinski definition) is 2. The van der Waals surface area contributed by atoms with Crippen LogP contribution < -0.4 is 4.90 Å². The lowest BCUT2D eigenvalue weighted by Crippen LogP contribution is -2.23. The number of nitrogens with zero attached hydrogens (tertiary/aromatic N) is 1. The smallest absolute Gasteiger partial charge is 0.328 e. The van der Waals surface area contributed by atoms with Gasteiger partial charge in [0.05, 0.1) is 12.2 Å². The molecule has 0 heterocycles. The number of anilines is 1. The fourth-order valence-electron chi connectivity index (χ4n) is 1.53. The number of carboxylic acid groups (broad SMARTS) is 1. The predicted octanol–water partition coefficient (Wildman–Crippen LogP) is 3.01. The lowest BCUT2D eigenvalue weighted by atomic mass is 10.2. The van der Waals surface area contributed by atoms with Gasteiger partial charge in [0.1, 0.15) is 0 Å². The van der Waals surface area contributed by atoms with Crippen molar-refractivity contribution >= 4 is 33.7 Å². The molecule has 0 bridgehead atoms. The molecule has 18 heavy (non-hydrogen) atoms. The summed E-state index contributed by atoms with van der Waals surface area (Å²) in [7, 11) is 0. The first-order valence-electron chi connectivity index (χ1n) is 5.47. The number of terminal acetylenes is 1. The molecule has 0 saturated heterocycles. The van der Waals surface area contributed by atoms with Gasteiger partial charge in [-0.1, -0.05) is 12.0 Å². The highest BCUT2D eigenvalue weighted by Crippen LogP contribution is 2.27. The Hall–Kier alpha value is -1.73. The molecule has 1 N–H and O–H groups in total. The standard InChI is InChI=1S/C14H14BrNO2/c1-3-9-16(4-2)13-7-5-11(10-12(13)15)6-8-14(17)18/h1,5-8,10H,4,9H2,2H3,(H,17,18)/b8-6+. The van der Waals surface area contributed by atoms with E-state index in [4.69, 9.17) is 11.5 Å². The minimum absolute atomic E-state index is 0.541. The Balaban J connectivity index is 2.99. The van der Waals surface area contributed by atoms with Crippen molar-refractivity contribution in [2.75, 3.05) is 18.0 Å². The highest BCUT2D eigenvalue weighted by Gasteiger charge is 2.07. The van der Waals surface area contributed by atoms with Crippen molar-refractivity contribution in [2.24, 2.45) is 0 Å². The molecular formula is C14H14BrNO2. The minimum Gasteiger partial charge on any atom is -0.478 e. The zero-order chi connectivity index (χ0) is 13.5. The van der Waals surface area contributed by atoms with Crippen LogP contribution in [0, 0.1) is 12.3 Å². The molecule has 0 amide bonds. The average molecular weight is 308 g/mol. The van der Waals surface area contributed by atoms with Gasteiger partial charge in [0, 0.05) is 17.1 Å². The van der Waals surface area contributed by atoms with Crippen LogP contribution >= 0.6 is 15.9 Å². The number of carboxylic acids is 1. The topological polar surface area (TPSA) is 40.5 Å². The van der Waals surface area contributed by atoms with Crippen LogP contribution in [-0.4, -0.2) is 24.2 Å². The quantitative estimate of drug-likeness (QED) is 0.671. The molecule has 1 aromatic rings. The molecule has 0 aliphatic heterocycles. The highest BCUT2D eigenvalue weighted by molar-refractivity contribution is 9.10. The summed E-state index contributed by atoms with van der Waals surface area (Å²) in [6.07, 6.45) is 7.98. The minimum atomic E-state index is -0.960. The van der Waals surface area contributed by atoms with Crippen LogP contribution in [-0.2, 0) is 4.79 Å². The molecule has 0 spiro atoms. The summed E-state index contributed by atoms with van der Waals surface area (Å²) >= 11 is 3.47. The van der Waals surface area contributed by atoms with Crippen LogP contribution in [0.15, 0.2) is 28.7 Å². The van der Waals surface area contributed by atoms with Gasteiger partial charge in [-0.15, -0.1) is 6.42 Å². The molecule has 0 radical (unpaired) electrons. The van der Waals surface area contributed by atoms with Gasteiger partial charge in [-0.2, -0.15) is 0 Å². The third kappa shape index (κ3) is 3.94. The second-order valence-corrected chi connectivity index (χ2v) is 4.46. The van der Waals surface area contributed by atoms with E-state index in [0.29, 0.717) is 6.54 Å². The van der Waals surface area contributed by atoms with Gasteiger partial charge in [0.2, 0.25) is 0 Å². The maximum Gasteiger partial charge on any atom is 0.328 e. The Morgan fingerprint density at radius 1 is 1.61 bits per heavy atom. The number of halogens is 1. The van der Waals surface area contributed by atoms with Crippen molar-refractivity contribution in [1.82, 2.24) is 0 Å². The van der Waals surface area contributed by atoms with Gasteiger partial charge in [-0.3, -0.25) is 0 Å². The molecule has 0 fully saturated rings. The van der Waals surface area contributed by atoms with E-state index in [1.807, 2.05) is 25.1 Å². The Labute approximate surface area is 115 Å². The predicted molar refractivity (Wildman–Crippen MR) is 77.5 cm³/mol. The summed E-state index contributed by atoms with van der Waals surface area (Å²) in [5.74, 6) is 1.65. The second kappa shape index (κ2) is 6.87. The molecule has 0 aliphatic rings. The van der Waals surface area contributed by atoms with Crippen molar-refractivity contribution < 1.29 is 9.90 Å². The zero-order valence-corrected chi connectivity index (χ0v) is 11.6. The first-order chi connectivity index (χ1) is 8.58. The molecule has 3 nitrogen and oxygen atoms in total. The van der Waals surface area contributed by atoms with Gasteiger partial charge >= 0.3 is 5.97 Å². The van der Waals surface area contributed by atoms with E-state index in [1.54, 1.807) is 6.08 Å². The summed E-state index contributed by atoms with van der Waals surface area (Å²) in [5, 5.41) is 8.57. The third-order valence-electron chi connectivity index (χ3n) is 2.39. The average Bonchev–Trinajstić information content (AvgIpc) is 2.34. The maximum absolute atomic E-state index is 10.4. The van der Waals surface area contributed by atoms with Crippen LogP contribution in [0.1, 0.15) is 12.5 Å². The molecule has 0 saturated carbocycles. The van der Waals surface area contributed by atoms with Crippen LogP contribution in [0.5, 0.6) is 0 Å². The SMILES string of the molecule is C#CCN(CC)c1ccc(/C=C/C(=O)O)cc1Br. The molecule has 0 atom stereocenters. The van der Waals surface area contributed by atoms with Crippen LogP contribution in [0.4, 0.5) is 5.69 Å². The van der Waals surface area contributed by atoms with E-state index in [1.165, 1.54) is 0 Å². The van der Waals surface area contributed by atoms with E-state index in [2.05, 4.69) is 26.8 Å². The number of rotatable bonds is 5. The monoisotopic (exact) mass is 307 g/mol. The fraction of sp³-hybridized carbons (Fsp3) is 0.214. The molecule has 1 rings (SSSR count). The number of benzene rings is 1. The van der Waals surface area contributed by atoms with Gasteiger partial charge in [-0.05, 0) is 46.6 Å². The molecule has 4 heteroatoms. The summed E-state index contributed by atoms with van der Waals surface area (Å²) in [6, 6.07) is 5.65. The fourth-order valence-corrected chi connectivity index (χ4v) is 2.18. The second-order valence-electron chi connectivity index (χ2n) is 3.60. The van der Waals surface area contributed by atoms with Crippen molar-refractivity contribution in [3.8, 4) is 12.3 Å². The zero-order valence-electron chi connectivity index (χ0n) is 10.1. The van der Waals surface area contributed by atoms with Gasteiger partial charge in [-0.25, -0.2) is 4.79 Å². The highest BCUT2D eigenvalue weighted by atomic mass is 79.9. The third-order valence-corrected chi connectivity index (χ3v) is 3.03. The van der Waals surface area contributed by atoms with E-state index in [9.17, 15) is 4.79 Å². The molecular weight excluding hydrogens is 294 g/mol. The Bertz CT molecular complexity index is 503. The molecule has 1 aromatic carbocycles. The van der Waals surface area contributed by atoms with Crippen molar-refractivity contribution in [3.05, 3.63) is 34.3 Å². The lowest BCUT2D eigenvalue weighted by Gasteiger charge is -2.21. The Morgan fingerprint density at radius 2 is 2.33 bits per heavy atom. The number of carbonyl (C=O) groups is 1. The van der Waals surface area contributed by atoms with Crippen LogP contribution in [0.3, 0.4) is 0 Å². The summed E-state index contributed by atoms with van der Waals surface area (Å²) in [4.78, 5) is 12.5. The van der Waals surface area contributed by atoms with E-state index >= 15 is 0 Å². The van der Waals surface area contributed by atoms with E-state index in [0.717, 1.165) is 28.3 Å². The summed E-state index contributed by atoms with van der Waals surface area (Å²) < 4.78 is 0.895. The van der Waals surface area contributed by atoms with Gasteiger partial charge in [0.25, 0.3) is 0 Å². The van der Waals surface area contributed by atoms with E-state index < -0.39 is 5.97 Å². The number of hydrogen-bond donors (Lipinski definition) is 1. The van der Waals surface area contributed by atoms with Crippen LogP contribution in [0.25, 0.3) is 6.08 Å². The maximum atomic E-state index is 10.4. The molecule has 0 aliphatic carbocycles. The molecule has 0 unspecified atom stereocenters. The van der Waals surface area contributed by atoms with Gasteiger partial charge in [0.15, 0.2) is 0 Å². The van der Waals surface area contributed by atoms with Gasteiger partial charge < -0.3 is 10.0 Å². The van der Waals surface area contributed by atoms with Crippen LogP contribution in [0.2, 0.25) is 0 Å². The lowest BCUT2D eigenvalue weighted by molar-refractivity contribution is -0.131. The van der Waals surface area contributed by atoms with Crippen molar-refractivity contribution in [3.63, 3.8) is 0 Å².